The van der Waals surface area contributed by atoms with Crippen LogP contribution in [0.2, 0.25) is 0 Å². The molecule has 5 aromatic rings. The highest BCUT2D eigenvalue weighted by Gasteiger charge is 2.18. The molecular formula is C29H24FN5OS. The lowest BCUT2D eigenvalue weighted by atomic mass is 10.1. The molecule has 0 saturated heterocycles. The van der Waals surface area contributed by atoms with Crippen molar-refractivity contribution in [1.82, 2.24) is 25.1 Å². The topological polar surface area (TPSA) is 72.7 Å². The first-order valence-electron chi connectivity index (χ1n) is 11.7. The van der Waals surface area contributed by atoms with Crippen molar-refractivity contribution in [3.63, 3.8) is 0 Å². The Balaban J connectivity index is 1.39. The molecule has 0 spiro atoms. The number of rotatable bonds is 8. The van der Waals surface area contributed by atoms with Gasteiger partial charge in [0, 0.05) is 41.5 Å². The Morgan fingerprint density at radius 2 is 1.73 bits per heavy atom. The van der Waals surface area contributed by atoms with Crippen LogP contribution in [-0.4, -0.2) is 25.7 Å². The molecular weight excluding hydrogens is 485 g/mol. The van der Waals surface area contributed by atoms with E-state index in [0.29, 0.717) is 17.9 Å². The quantitative estimate of drug-likeness (QED) is 0.260. The van der Waals surface area contributed by atoms with Crippen LogP contribution in [0.25, 0.3) is 17.1 Å². The number of amides is 1. The number of hydrogen-bond acceptors (Lipinski definition) is 5. The zero-order valence-electron chi connectivity index (χ0n) is 20.1. The number of nitrogens with one attached hydrogen (secondary N) is 1. The van der Waals surface area contributed by atoms with E-state index in [1.807, 2.05) is 66.1 Å². The van der Waals surface area contributed by atoms with E-state index in [1.54, 1.807) is 24.5 Å². The van der Waals surface area contributed by atoms with Gasteiger partial charge in [-0.05, 0) is 66.1 Å². The molecule has 0 aliphatic heterocycles. The van der Waals surface area contributed by atoms with Gasteiger partial charge in [-0.25, -0.2) is 4.39 Å². The number of hydrogen-bond donors (Lipinski definition) is 1. The minimum absolute atomic E-state index is 0.182. The normalized spacial score (nSPS) is 10.9. The zero-order chi connectivity index (χ0) is 25.6. The van der Waals surface area contributed by atoms with Crippen LogP contribution in [0.5, 0.6) is 0 Å². The van der Waals surface area contributed by atoms with Crippen molar-refractivity contribution < 1.29 is 9.18 Å². The average molecular weight is 510 g/mol. The maximum absolute atomic E-state index is 13.2. The maximum Gasteiger partial charge on any atom is 0.251 e. The van der Waals surface area contributed by atoms with Crippen LogP contribution in [0.4, 0.5) is 4.39 Å². The smallest absolute Gasteiger partial charge is 0.251 e. The summed E-state index contributed by atoms with van der Waals surface area (Å²) in [7, 11) is 0. The largest absolute Gasteiger partial charge is 0.348 e. The molecule has 5 rings (SSSR count). The molecule has 0 atom stereocenters. The predicted molar refractivity (Wildman–Crippen MR) is 143 cm³/mol. The van der Waals surface area contributed by atoms with Gasteiger partial charge in [-0.3, -0.25) is 14.3 Å². The van der Waals surface area contributed by atoms with Gasteiger partial charge in [0.05, 0.1) is 0 Å². The van der Waals surface area contributed by atoms with Crippen molar-refractivity contribution in [3.8, 4) is 17.1 Å². The standard InChI is InChI=1S/C29H24FN5OS/c1-20-5-4-7-25(17-20)35-27(22-13-15-31-16-14-22)33-34-29(35)37-19-23-6-2-3-8-26(23)28(36)32-18-21-9-11-24(30)12-10-21/h2-17H,18-19H2,1H3,(H,32,36). The number of nitrogens with zero attached hydrogens (tertiary/aromatic N) is 4. The minimum Gasteiger partial charge on any atom is -0.348 e. The number of aryl methyl sites for hydroxylation is 1. The third kappa shape index (κ3) is 5.76. The Hall–Kier alpha value is -4.30. The van der Waals surface area contributed by atoms with E-state index in [-0.39, 0.29) is 11.7 Å². The second-order valence-electron chi connectivity index (χ2n) is 8.47. The van der Waals surface area contributed by atoms with Gasteiger partial charge in [0.25, 0.3) is 5.91 Å². The van der Waals surface area contributed by atoms with E-state index >= 15 is 0 Å². The number of halogens is 1. The molecule has 184 valence electrons. The van der Waals surface area contributed by atoms with Crippen molar-refractivity contribution in [1.29, 1.82) is 0 Å². The maximum atomic E-state index is 13.2. The fourth-order valence-corrected chi connectivity index (χ4v) is 4.90. The van der Waals surface area contributed by atoms with E-state index in [1.165, 1.54) is 23.9 Å². The van der Waals surface area contributed by atoms with Gasteiger partial charge in [-0.15, -0.1) is 10.2 Å². The number of benzene rings is 3. The summed E-state index contributed by atoms with van der Waals surface area (Å²) in [4.78, 5) is 17.1. The highest BCUT2D eigenvalue weighted by Crippen LogP contribution is 2.30. The summed E-state index contributed by atoms with van der Waals surface area (Å²) in [5.74, 6) is 0.766. The minimum atomic E-state index is -0.303. The van der Waals surface area contributed by atoms with Gasteiger partial charge in [0.15, 0.2) is 11.0 Å². The molecule has 0 radical (unpaired) electrons. The molecule has 2 aromatic heterocycles. The summed E-state index contributed by atoms with van der Waals surface area (Å²) < 4.78 is 15.2. The first-order chi connectivity index (χ1) is 18.1. The van der Waals surface area contributed by atoms with Crippen molar-refractivity contribution in [2.24, 2.45) is 0 Å². The molecule has 3 aromatic carbocycles. The monoisotopic (exact) mass is 509 g/mol. The Bertz CT molecular complexity index is 1520. The summed E-state index contributed by atoms with van der Waals surface area (Å²) >= 11 is 1.52. The van der Waals surface area contributed by atoms with Crippen LogP contribution in [0, 0.1) is 12.7 Å². The molecule has 1 amide bonds. The second kappa shape index (κ2) is 11.2. The van der Waals surface area contributed by atoms with Crippen LogP contribution >= 0.6 is 11.8 Å². The van der Waals surface area contributed by atoms with Gasteiger partial charge in [-0.2, -0.15) is 0 Å². The van der Waals surface area contributed by atoms with Gasteiger partial charge >= 0.3 is 0 Å². The zero-order valence-corrected chi connectivity index (χ0v) is 21.0. The molecule has 0 aliphatic rings. The summed E-state index contributed by atoms with van der Waals surface area (Å²) in [6, 6.07) is 25.6. The number of pyridine rings is 1. The summed E-state index contributed by atoms with van der Waals surface area (Å²) in [5.41, 5.74) is 5.31. The summed E-state index contributed by atoms with van der Waals surface area (Å²) in [6.07, 6.45) is 3.47. The van der Waals surface area contributed by atoms with Crippen molar-refractivity contribution >= 4 is 17.7 Å². The average Bonchev–Trinajstić information content (AvgIpc) is 3.36. The Kier molecular flexibility index (Phi) is 7.37. The van der Waals surface area contributed by atoms with E-state index in [0.717, 1.165) is 38.9 Å². The van der Waals surface area contributed by atoms with Gasteiger partial charge in [0.2, 0.25) is 0 Å². The molecule has 0 fully saturated rings. The molecule has 6 nitrogen and oxygen atoms in total. The summed E-state index contributed by atoms with van der Waals surface area (Å²) in [5, 5.41) is 12.6. The first kappa shape index (κ1) is 24.4. The van der Waals surface area contributed by atoms with E-state index in [9.17, 15) is 9.18 Å². The van der Waals surface area contributed by atoms with Crippen LogP contribution in [0.3, 0.4) is 0 Å². The lowest BCUT2D eigenvalue weighted by Gasteiger charge is -2.12. The Labute approximate surface area is 218 Å². The molecule has 0 unspecified atom stereocenters. The van der Waals surface area contributed by atoms with Crippen LogP contribution < -0.4 is 5.32 Å². The molecule has 1 N–H and O–H groups in total. The third-order valence-corrected chi connectivity index (χ3v) is 6.79. The number of carbonyl (C=O) groups excluding carboxylic acids is 1. The Morgan fingerprint density at radius 3 is 2.51 bits per heavy atom. The Morgan fingerprint density at radius 1 is 0.946 bits per heavy atom. The highest BCUT2D eigenvalue weighted by atomic mass is 32.2. The number of carbonyl (C=O) groups is 1. The molecule has 37 heavy (non-hydrogen) atoms. The van der Waals surface area contributed by atoms with E-state index < -0.39 is 0 Å². The van der Waals surface area contributed by atoms with Gasteiger partial charge < -0.3 is 5.32 Å². The van der Waals surface area contributed by atoms with Crippen LogP contribution in [0.15, 0.2) is 102 Å². The van der Waals surface area contributed by atoms with Crippen LogP contribution in [0.1, 0.15) is 27.0 Å². The fraction of sp³-hybridized carbons (Fsp3) is 0.103. The van der Waals surface area contributed by atoms with Crippen molar-refractivity contribution in [2.45, 2.75) is 24.4 Å². The summed E-state index contributed by atoms with van der Waals surface area (Å²) in [6.45, 7) is 2.37. The lowest BCUT2D eigenvalue weighted by molar-refractivity contribution is 0.0950. The van der Waals surface area contributed by atoms with Gasteiger partial charge in [0.1, 0.15) is 5.82 Å². The molecule has 0 saturated carbocycles. The number of thioether (sulfide) groups is 1. The first-order valence-corrected chi connectivity index (χ1v) is 12.7. The molecule has 8 heteroatoms. The van der Waals surface area contributed by atoms with Crippen molar-refractivity contribution in [2.75, 3.05) is 0 Å². The molecule has 0 aliphatic carbocycles. The van der Waals surface area contributed by atoms with E-state index in [4.69, 9.17) is 0 Å². The second-order valence-corrected chi connectivity index (χ2v) is 9.41. The number of aromatic nitrogens is 4. The molecule has 2 heterocycles. The predicted octanol–water partition coefficient (Wildman–Crippen LogP) is 6.00. The fourth-order valence-electron chi connectivity index (χ4n) is 3.94. The molecule has 0 bridgehead atoms. The highest BCUT2D eigenvalue weighted by molar-refractivity contribution is 7.98. The SMILES string of the molecule is Cc1cccc(-n2c(SCc3ccccc3C(=O)NCc3ccc(F)cc3)nnc2-c2ccncc2)c1. The van der Waals surface area contributed by atoms with Gasteiger partial charge in [-0.1, -0.05) is 54.2 Å². The van der Waals surface area contributed by atoms with E-state index in [2.05, 4.69) is 26.6 Å². The lowest BCUT2D eigenvalue weighted by Crippen LogP contribution is -2.23. The van der Waals surface area contributed by atoms with Crippen LogP contribution in [-0.2, 0) is 12.3 Å². The third-order valence-electron chi connectivity index (χ3n) is 5.82. The van der Waals surface area contributed by atoms with Crippen molar-refractivity contribution in [3.05, 3.63) is 125 Å².